The second-order valence-corrected chi connectivity index (χ2v) is 7.07. The Balaban J connectivity index is 2.40. The SMILES string of the molecule is O=S(=O)(NC1(CO)CCC1)c1c(F)cc(F)cc1Br. The zero-order valence-corrected chi connectivity index (χ0v) is 12.2. The van der Waals surface area contributed by atoms with Crippen LogP contribution in [0, 0.1) is 11.6 Å². The molecule has 1 saturated carbocycles. The standard InChI is InChI=1S/C11H12BrF2NO3S/c12-8-4-7(13)5-9(14)10(8)19(17,18)15-11(6-16)2-1-3-11/h4-5,15-16H,1-3,6H2. The number of sulfonamides is 1. The van der Waals surface area contributed by atoms with Crippen LogP contribution in [0.5, 0.6) is 0 Å². The Morgan fingerprint density at radius 3 is 2.42 bits per heavy atom. The van der Waals surface area contributed by atoms with Crippen molar-refractivity contribution in [1.29, 1.82) is 0 Å². The van der Waals surface area contributed by atoms with Crippen LogP contribution in [-0.2, 0) is 10.0 Å². The lowest BCUT2D eigenvalue weighted by molar-refractivity contribution is 0.110. The van der Waals surface area contributed by atoms with Gasteiger partial charge in [-0.3, -0.25) is 0 Å². The Kier molecular flexibility index (Phi) is 3.97. The minimum Gasteiger partial charge on any atom is -0.394 e. The maximum atomic E-state index is 13.7. The summed E-state index contributed by atoms with van der Waals surface area (Å²) in [7, 11) is -4.17. The molecule has 0 aromatic heterocycles. The van der Waals surface area contributed by atoms with Gasteiger partial charge in [0.25, 0.3) is 0 Å². The van der Waals surface area contributed by atoms with Gasteiger partial charge in [0, 0.05) is 10.5 Å². The molecule has 1 aromatic rings. The molecule has 2 N–H and O–H groups in total. The number of nitrogens with one attached hydrogen (secondary N) is 1. The lowest BCUT2D eigenvalue weighted by Crippen LogP contribution is -2.56. The molecule has 0 bridgehead atoms. The Morgan fingerprint density at radius 1 is 1.37 bits per heavy atom. The van der Waals surface area contributed by atoms with Gasteiger partial charge in [0.05, 0.1) is 12.1 Å². The van der Waals surface area contributed by atoms with Crippen molar-refractivity contribution in [2.75, 3.05) is 6.61 Å². The van der Waals surface area contributed by atoms with Gasteiger partial charge in [-0.05, 0) is 41.3 Å². The Hall–Kier alpha value is -0.570. The molecule has 19 heavy (non-hydrogen) atoms. The molecule has 0 atom stereocenters. The highest BCUT2D eigenvalue weighted by Crippen LogP contribution is 2.34. The molecular formula is C11H12BrF2NO3S. The summed E-state index contributed by atoms with van der Waals surface area (Å²) in [5.41, 5.74) is -0.931. The Morgan fingerprint density at radius 2 is 2.00 bits per heavy atom. The summed E-state index contributed by atoms with van der Waals surface area (Å²) in [6.07, 6.45) is 1.77. The van der Waals surface area contributed by atoms with Crippen LogP contribution in [0.25, 0.3) is 0 Å². The van der Waals surface area contributed by atoms with Crippen molar-refractivity contribution in [1.82, 2.24) is 4.72 Å². The fraction of sp³-hybridized carbons (Fsp3) is 0.455. The van der Waals surface area contributed by atoms with E-state index >= 15 is 0 Å². The van der Waals surface area contributed by atoms with Crippen LogP contribution in [-0.4, -0.2) is 25.7 Å². The maximum absolute atomic E-state index is 13.7. The van der Waals surface area contributed by atoms with E-state index in [4.69, 9.17) is 0 Å². The van der Waals surface area contributed by atoms with Crippen molar-refractivity contribution >= 4 is 26.0 Å². The summed E-state index contributed by atoms with van der Waals surface area (Å²) < 4.78 is 53.0. The fourth-order valence-corrected chi connectivity index (χ4v) is 4.64. The number of benzene rings is 1. The second kappa shape index (κ2) is 5.08. The zero-order valence-electron chi connectivity index (χ0n) is 9.79. The van der Waals surface area contributed by atoms with Gasteiger partial charge >= 0.3 is 0 Å². The number of hydrogen-bond donors (Lipinski definition) is 2. The number of aliphatic hydroxyl groups is 1. The second-order valence-electron chi connectivity index (χ2n) is 4.60. The molecule has 1 aliphatic carbocycles. The van der Waals surface area contributed by atoms with Crippen molar-refractivity contribution in [3.05, 3.63) is 28.2 Å². The summed E-state index contributed by atoms with van der Waals surface area (Å²) >= 11 is 2.84. The van der Waals surface area contributed by atoms with E-state index < -0.39 is 32.1 Å². The summed E-state index contributed by atoms with van der Waals surface area (Å²) in [5.74, 6) is -2.05. The third kappa shape index (κ3) is 2.81. The van der Waals surface area contributed by atoms with E-state index in [1.807, 2.05) is 0 Å². The first-order valence-corrected chi connectivity index (χ1v) is 7.87. The average molecular weight is 356 g/mol. The van der Waals surface area contributed by atoms with Gasteiger partial charge in [0.1, 0.15) is 16.5 Å². The Labute approximate surface area is 118 Å². The molecule has 1 aromatic carbocycles. The van der Waals surface area contributed by atoms with Gasteiger partial charge < -0.3 is 5.11 Å². The average Bonchev–Trinajstić information content (AvgIpc) is 2.21. The van der Waals surface area contributed by atoms with Gasteiger partial charge in [-0.15, -0.1) is 0 Å². The molecule has 0 heterocycles. The molecule has 0 radical (unpaired) electrons. The van der Waals surface area contributed by atoms with E-state index in [1.165, 1.54) is 0 Å². The van der Waals surface area contributed by atoms with E-state index in [2.05, 4.69) is 20.7 Å². The van der Waals surface area contributed by atoms with Crippen LogP contribution in [0.2, 0.25) is 0 Å². The first-order chi connectivity index (χ1) is 8.80. The summed E-state index contributed by atoms with van der Waals surface area (Å²) in [4.78, 5) is -0.645. The Bertz CT molecular complexity index is 573. The van der Waals surface area contributed by atoms with Crippen molar-refractivity contribution in [2.45, 2.75) is 29.7 Å². The van der Waals surface area contributed by atoms with Crippen LogP contribution < -0.4 is 4.72 Å². The minimum atomic E-state index is -4.17. The number of rotatable bonds is 4. The molecule has 2 rings (SSSR count). The molecule has 1 fully saturated rings. The number of aliphatic hydroxyl groups excluding tert-OH is 1. The largest absolute Gasteiger partial charge is 0.394 e. The third-order valence-corrected chi connectivity index (χ3v) is 5.74. The molecule has 0 aliphatic heterocycles. The van der Waals surface area contributed by atoms with E-state index in [9.17, 15) is 22.3 Å². The van der Waals surface area contributed by atoms with E-state index in [-0.39, 0.29) is 11.1 Å². The minimum absolute atomic E-state index is 0.190. The van der Waals surface area contributed by atoms with Gasteiger partial charge in [0.15, 0.2) is 0 Å². The van der Waals surface area contributed by atoms with Gasteiger partial charge in [-0.2, -0.15) is 0 Å². The normalized spacial score (nSPS) is 18.1. The lowest BCUT2D eigenvalue weighted by Gasteiger charge is -2.40. The van der Waals surface area contributed by atoms with E-state index in [0.717, 1.165) is 12.5 Å². The summed E-state index contributed by atoms with van der Waals surface area (Å²) in [5, 5.41) is 9.24. The van der Waals surface area contributed by atoms with Crippen LogP contribution in [0.15, 0.2) is 21.5 Å². The van der Waals surface area contributed by atoms with Crippen LogP contribution in [0.4, 0.5) is 8.78 Å². The summed E-state index contributed by atoms with van der Waals surface area (Å²) in [6.45, 7) is -0.355. The van der Waals surface area contributed by atoms with E-state index in [1.54, 1.807) is 0 Å². The topological polar surface area (TPSA) is 66.4 Å². The predicted octanol–water partition coefficient (Wildman–Crippen LogP) is 1.92. The van der Waals surface area contributed by atoms with Crippen molar-refractivity contribution < 1.29 is 22.3 Å². The molecule has 0 spiro atoms. The monoisotopic (exact) mass is 355 g/mol. The smallest absolute Gasteiger partial charge is 0.245 e. The number of halogens is 3. The van der Waals surface area contributed by atoms with Crippen molar-refractivity contribution in [3.8, 4) is 0 Å². The van der Waals surface area contributed by atoms with Crippen molar-refractivity contribution in [3.63, 3.8) is 0 Å². The first kappa shape index (κ1) is 14.8. The highest BCUT2D eigenvalue weighted by molar-refractivity contribution is 9.10. The molecule has 1 aliphatic rings. The zero-order chi connectivity index (χ0) is 14.3. The van der Waals surface area contributed by atoms with Crippen LogP contribution in [0.3, 0.4) is 0 Å². The van der Waals surface area contributed by atoms with Gasteiger partial charge in [-0.25, -0.2) is 21.9 Å². The highest BCUT2D eigenvalue weighted by atomic mass is 79.9. The highest BCUT2D eigenvalue weighted by Gasteiger charge is 2.41. The number of hydrogen-bond acceptors (Lipinski definition) is 3. The maximum Gasteiger partial charge on any atom is 0.245 e. The fourth-order valence-electron chi connectivity index (χ4n) is 2.02. The molecular weight excluding hydrogens is 344 g/mol. The van der Waals surface area contributed by atoms with E-state index in [0.29, 0.717) is 18.9 Å². The van der Waals surface area contributed by atoms with Crippen LogP contribution in [0.1, 0.15) is 19.3 Å². The molecule has 0 saturated heterocycles. The third-order valence-electron chi connectivity index (χ3n) is 3.20. The van der Waals surface area contributed by atoms with Crippen LogP contribution >= 0.6 is 15.9 Å². The quantitative estimate of drug-likeness (QED) is 0.866. The lowest BCUT2D eigenvalue weighted by atomic mass is 9.78. The molecule has 0 amide bonds. The molecule has 106 valence electrons. The van der Waals surface area contributed by atoms with Gasteiger partial charge in [-0.1, -0.05) is 0 Å². The van der Waals surface area contributed by atoms with Gasteiger partial charge in [0.2, 0.25) is 10.0 Å². The first-order valence-electron chi connectivity index (χ1n) is 5.59. The predicted molar refractivity (Wildman–Crippen MR) is 68.0 cm³/mol. The molecule has 4 nitrogen and oxygen atoms in total. The van der Waals surface area contributed by atoms with Crippen molar-refractivity contribution in [2.24, 2.45) is 0 Å². The summed E-state index contributed by atoms with van der Waals surface area (Å²) in [6, 6.07) is 1.38. The molecule has 8 heteroatoms. The molecule has 0 unspecified atom stereocenters.